The molecule has 0 fully saturated rings. The number of carbonyl (C=O) groups excluding carboxylic acids is 2. The van der Waals surface area contributed by atoms with Crippen LogP contribution in [0.5, 0.6) is 5.75 Å². The molecule has 0 bridgehead atoms. The fraction of sp³-hybridized carbons (Fsp3) is 0.308. The molecule has 9 heteroatoms. The molecule has 3 aromatic rings. The zero-order valence-corrected chi connectivity index (χ0v) is 20.4. The van der Waals surface area contributed by atoms with E-state index in [-0.39, 0.29) is 18.4 Å². The van der Waals surface area contributed by atoms with Gasteiger partial charge in [0.1, 0.15) is 16.8 Å². The van der Waals surface area contributed by atoms with Crippen molar-refractivity contribution in [2.24, 2.45) is 0 Å². The summed E-state index contributed by atoms with van der Waals surface area (Å²) in [4.78, 5) is 32.3. The van der Waals surface area contributed by atoms with Crippen LogP contribution in [0.2, 0.25) is 0 Å². The van der Waals surface area contributed by atoms with E-state index in [0.717, 1.165) is 27.4 Å². The van der Waals surface area contributed by atoms with Crippen molar-refractivity contribution in [3.8, 4) is 11.8 Å². The van der Waals surface area contributed by atoms with E-state index in [9.17, 15) is 14.9 Å². The molecule has 35 heavy (non-hydrogen) atoms. The summed E-state index contributed by atoms with van der Waals surface area (Å²) in [5, 5.41) is 16.2. The fourth-order valence-electron chi connectivity index (χ4n) is 4.09. The third kappa shape index (κ3) is 5.97. The van der Waals surface area contributed by atoms with Crippen molar-refractivity contribution in [1.29, 1.82) is 5.26 Å². The average molecular weight is 490 g/mol. The molecule has 8 nitrogen and oxygen atoms in total. The van der Waals surface area contributed by atoms with E-state index in [0.29, 0.717) is 49.5 Å². The number of aryl methyl sites for hydroxylation is 1. The van der Waals surface area contributed by atoms with Crippen LogP contribution in [0, 0.1) is 11.3 Å². The van der Waals surface area contributed by atoms with Gasteiger partial charge in [0.25, 0.3) is 0 Å². The van der Waals surface area contributed by atoms with Crippen molar-refractivity contribution in [3.63, 3.8) is 0 Å². The predicted molar refractivity (Wildman–Crippen MR) is 134 cm³/mol. The number of amides is 3. The average Bonchev–Trinajstić information content (AvgIpc) is 3.24. The first kappa shape index (κ1) is 24.2. The van der Waals surface area contributed by atoms with Crippen LogP contribution in [0.25, 0.3) is 0 Å². The minimum absolute atomic E-state index is 0.138. The van der Waals surface area contributed by atoms with Crippen LogP contribution in [0.15, 0.2) is 48.7 Å². The number of para-hydroxylation sites is 1. The minimum atomic E-state index is -0.157. The minimum Gasteiger partial charge on any atom is -0.496 e. The van der Waals surface area contributed by atoms with Gasteiger partial charge in [-0.25, -0.2) is 4.79 Å². The Hall–Kier alpha value is -3.90. The van der Waals surface area contributed by atoms with Crippen molar-refractivity contribution in [3.05, 3.63) is 75.9 Å². The van der Waals surface area contributed by atoms with Gasteiger partial charge in [-0.2, -0.15) is 5.26 Å². The molecule has 2 N–H and O–H groups in total. The molecule has 3 amide bonds. The number of methoxy groups -OCH3 is 1. The molecule has 0 aliphatic carbocycles. The second-order valence-corrected chi connectivity index (χ2v) is 9.26. The van der Waals surface area contributed by atoms with Gasteiger partial charge in [0.2, 0.25) is 5.91 Å². The number of nitriles is 1. The highest BCUT2D eigenvalue weighted by Gasteiger charge is 2.27. The van der Waals surface area contributed by atoms with Gasteiger partial charge in [0, 0.05) is 42.7 Å². The Morgan fingerprint density at radius 3 is 2.80 bits per heavy atom. The number of thiophene rings is 1. The number of carbonyl (C=O) groups is 2. The van der Waals surface area contributed by atoms with Gasteiger partial charge in [0.15, 0.2) is 0 Å². The summed E-state index contributed by atoms with van der Waals surface area (Å²) in [5.41, 5.74) is 3.32. The normalized spacial score (nSPS) is 12.4. The maximum atomic E-state index is 12.7. The molecule has 4 rings (SSSR count). The Balaban J connectivity index is 1.34. The van der Waals surface area contributed by atoms with Crippen LogP contribution in [-0.4, -0.2) is 42.0 Å². The highest BCUT2D eigenvalue weighted by Crippen LogP contribution is 2.36. The van der Waals surface area contributed by atoms with Crippen LogP contribution in [0.1, 0.15) is 33.7 Å². The lowest BCUT2D eigenvalue weighted by Crippen LogP contribution is -2.43. The zero-order valence-electron chi connectivity index (χ0n) is 19.5. The second kappa shape index (κ2) is 11.5. The predicted octanol–water partition coefficient (Wildman–Crippen LogP) is 3.91. The maximum absolute atomic E-state index is 12.7. The first-order chi connectivity index (χ1) is 17.1. The van der Waals surface area contributed by atoms with Crippen LogP contribution < -0.4 is 15.4 Å². The van der Waals surface area contributed by atoms with Gasteiger partial charge in [-0.1, -0.05) is 24.3 Å². The highest BCUT2D eigenvalue weighted by atomic mass is 32.1. The number of anilines is 1. The van der Waals surface area contributed by atoms with Crippen LogP contribution in [0.4, 0.5) is 9.80 Å². The summed E-state index contributed by atoms with van der Waals surface area (Å²) in [6.07, 6.45) is 3.80. The molecule has 180 valence electrons. The molecule has 0 unspecified atom stereocenters. The summed E-state index contributed by atoms with van der Waals surface area (Å²) in [7, 11) is 1.61. The van der Waals surface area contributed by atoms with E-state index in [4.69, 9.17) is 4.74 Å². The topological polar surface area (TPSA) is 107 Å². The number of nitrogens with one attached hydrogen (secondary N) is 2. The van der Waals surface area contributed by atoms with Crippen molar-refractivity contribution >= 4 is 28.3 Å². The first-order valence-electron chi connectivity index (χ1n) is 11.5. The van der Waals surface area contributed by atoms with Gasteiger partial charge in [-0.05, 0) is 42.2 Å². The van der Waals surface area contributed by atoms with Crippen molar-refractivity contribution in [2.45, 2.75) is 32.2 Å². The van der Waals surface area contributed by atoms with Gasteiger partial charge in [-0.15, -0.1) is 11.3 Å². The number of pyridine rings is 1. The molecular formula is C26H27N5O3S. The molecule has 0 saturated carbocycles. The highest BCUT2D eigenvalue weighted by molar-refractivity contribution is 7.16. The third-order valence-electron chi connectivity index (χ3n) is 5.91. The quantitative estimate of drug-likeness (QED) is 0.499. The number of aromatic nitrogens is 1. The number of hydrogen-bond acceptors (Lipinski definition) is 6. The van der Waals surface area contributed by atoms with Crippen molar-refractivity contribution in [2.75, 3.05) is 25.5 Å². The number of urea groups is 1. The van der Waals surface area contributed by atoms with E-state index >= 15 is 0 Å². The Morgan fingerprint density at radius 1 is 1.20 bits per heavy atom. The summed E-state index contributed by atoms with van der Waals surface area (Å²) in [6, 6.07) is 15.4. The first-order valence-corrected chi connectivity index (χ1v) is 12.3. The molecule has 0 radical (unpaired) electrons. The lowest BCUT2D eigenvalue weighted by atomic mass is 10.0. The van der Waals surface area contributed by atoms with Gasteiger partial charge < -0.3 is 20.3 Å². The smallest absolute Gasteiger partial charge is 0.317 e. The molecule has 3 heterocycles. The molecule has 0 atom stereocenters. The van der Waals surface area contributed by atoms with Gasteiger partial charge in [-0.3, -0.25) is 9.78 Å². The molecule has 0 spiro atoms. The Morgan fingerprint density at radius 2 is 2.03 bits per heavy atom. The summed E-state index contributed by atoms with van der Waals surface area (Å²) < 4.78 is 5.35. The van der Waals surface area contributed by atoms with E-state index in [2.05, 4.69) is 21.7 Å². The maximum Gasteiger partial charge on any atom is 0.317 e. The lowest BCUT2D eigenvalue weighted by Gasteiger charge is -2.27. The molecule has 2 aromatic heterocycles. The van der Waals surface area contributed by atoms with Crippen LogP contribution in [0.3, 0.4) is 0 Å². The Kier molecular flexibility index (Phi) is 7.95. The van der Waals surface area contributed by atoms with Crippen LogP contribution in [-0.2, 0) is 30.6 Å². The van der Waals surface area contributed by atoms with Crippen molar-refractivity contribution < 1.29 is 14.3 Å². The van der Waals surface area contributed by atoms with Crippen molar-refractivity contribution in [1.82, 2.24) is 15.2 Å². The number of benzene rings is 1. The third-order valence-corrected chi connectivity index (χ3v) is 7.04. The Labute approximate surface area is 208 Å². The van der Waals surface area contributed by atoms with E-state index < -0.39 is 0 Å². The molecule has 0 saturated heterocycles. The monoisotopic (exact) mass is 489 g/mol. The molecule has 1 aliphatic rings. The number of rotatable bonds is 8. The number of hydrogen-bond donors (Lipinski definition) is 2. The van der Waals surface area contributed by atoms with Crippen LogP contribution >= 0.6 is 11.3 Å². The SMILES string of the molecule is COc1ccccc1CCC(=O)Nc1sc2c(c1C#N)CCN(C(=O)NCCc1ccccn1)C2. The largest absolute Gasteiger partial charge is 0.496 e. The van der Waals surface area contributed by atoms with E-state index in [1.54, 1.807) is 18.2 Å². The molecular weight excluding hydrogens is 462 g/mol. The number of nitrogens with zero attached hydrogens (tertiary/aromatic N) is 3. The standard InChI is InChI=1S/C26H27N5O3S/c1-34-22-8-3-2-6-18(22)9-10-24(32)30-25-21(16-27)20-12-15-31(17-23(20)35-25)26(33)29-14-11-19-7-4-5-13-28-19/h2-8,13H,9-12,14-15,17H2,1H3,(H,29,33)(H,30,32). The number of fused-ring (bicyclic) bond motifs is 1. The second-order valence-electron chi connectivity index (χ2n) is 8.15. The van der Waals surface area contributed by atoms with E-state index in [1.165, 1.54) is 11.3 Å². The summed E-state index contributed by atoms with van der Waals surface area (Å²) in [5.74, 6) is 0.595. The molecule has 1 aromatic carbocycles. The summed E-state index contributed by atoms with van der Waals surface area (Å²) in [6.45, 7) is 1.44. The molecule has 1 aliphatic heterocycles. The fourth-order valence-corrected chi connectivity index (χ4v) is 5.32. The Bertz CT molecular complexity index is 1240. The van der Waals surface area contributed by atoms with Gasteiger partial charge in [0.05, 0.1) is 19.2 Å². The summed E-state index contributed by atoms with van der Waals surface area (Å²) >= 11 is 1.38. The zero-order chi connectivity index (χ0) is 24.6. The van der Waals surface area contributed by atoms with Gasteiger partial charge >= 0.3 is 6.03 Å². The number of ether oxygens (including phenoxy) is 1. The van der Waals surface area contributed by atoms with E-state index in [1.807, 2.05) is 42.5 Å². The lowest BCUT2D eigenvalue weighted by molar-refractivity contribution is -0.116.